The Bertz CT molecular complexity index is 800. The average Bonchev–Trinajstić information content (AvgIpc) is 2.90. The summed E-state index contributed by atoms with van der Waals surface area (Å²) in [6.45, 7) is 0. The standard InChI is InChI=1S/C18H17N3O2/c22-21(23)14-8-3-7-13(11-14)17-16-10-4-6-12-5-1-2-9-15(12)18(16)20-19-17/h1-3,5,7-9,11,16-17,19H,4,6,10H2. The molecule has 1 heterocycles. The number of nitro benzene ring substituents is 1. The molecule has 2 aliphatic rings. The second-order valence-electron chi connectivity index (χ2n) is 6.11. The van der Waals surface area contributed by atoms with E-state index < -0.39 is 0 Å². The molecule has 2 aromatic rings. The third kappa shape index (κ3) is 2.38. The first kappa shape index (κ1) is 13.9. The Labute approximate surface area is 134 Å². The Morgan fingerprint density at radius 3 is 2.91 bits per heavy atom. The van der Waals surface area contributed by atoms with Gasteiger partial charge in [0.15, 0.2) is 0 Å². The lowest BCUT2D eigenvalue weighted by atomic mass is 9.86. The fourth-order valence-electron chi connectivity index (χ4n) is 3.67. The van der Waals surface area contributed by atoms with Crippen molar-refractivity contribution in [1.29, 1.82) is 0 Å². The number of benzene rings is 2. The molecular weight excluding hydrogens is 290 g/mol. The minimum Gasteiger partial charge on any atom is -0.302 e. The molecular formula is C18H17N3O2. The van der Waals surface area contributed by atoms with Crippen LogP contribution in [-0.4, -0.2) is 10.6 Å². The lowest BCUT2D eigenvalue weighted by Crippen LogP contribution is -2.21. The van der Waals surface area contributed by atoms with Gasteiger partial charge in [-0.25, -0.2) is 0 Å². The number of fused-ring (bicyclic) bond motifs is 3. The lowest BCUT2D eigenvalue weighted by Gasteiger charge is -2.19. The Morgan fingerprint density at radius 1 is 1.17 bits per heavy atom. The smallest absolute Gasteiger partial charge is 0.269 e. The van der Waals surface area contributed by atoms with Crippen LogP contribution in [0.3, 0.4) is 0 Å². The Balaban J connectivity index is 1.71. The number of hydrazone groups is 1. The molecule has 0 aromatic heterocycles. The van der Waals surface area contributed by atoms with Crippen molar-refractivity contribution in [3.8, 4) is 0 Å². The van der Waals surface area contributed by atoms with Gasteiger partial charge in [-0.3, -0.25) is 10.1 Å². The molecule has 2 atom stereocenters. The summed E-state index contributed by atoms with van der Waals surface area (Å²) in [5, 5.41) is 15.6. The van der Waals surface area contributed by atoms with Gasteiger partial charge in [-0.1, -0.05) is 36.4 Å². The van der Waals surface area contributed by atoms with Crippen LogP contribution in [0.25, 0.3) is 0 Å². The average molecular weight is 307 g/mol. The van der Waals surface area contributed by atoms with Crippen LogP contribution >= 0.6 is 0 Å². The molecule has 0 fully saturated rings. The zero-order valence-electron chi connectivity index (χ0n) is 12.6. The maximum Gasteiger partial charge on any atom is 0.269 e. The first-order chi connectivity index (χ1) is 11.2. The van der Waals surface area contributed by atoms with Crippen LogP contribution in [-0.2, 0) is 6.42 Å². The highest BCUT2D eigenvalue weighted by Crippen LogP contribution is 2.37. The Hall–Kier alpha value is -2.69. The monoisotopic (exact) mass is 307 g/mol. The summed E-state index contributed by atoms with van der Waals surface area (Å²) in [5.74, 6) is 0.264. The second kappa shape index (κ2) is 5.50. The normalized spacial score (nSPS) is 22.3. The van der Waals surface area contributed by atoms with Gasteiger partial charge >= 0.3 is 0 Å². The van der Waals surface area contributed by atoms with Gasteiger partial charge in [-0.2, -0.15) is 5.10 Å². The number of rotatable bonds is 2. The fraction of sp³-hybridized carbons (Fsp3) is 0.278. The third-order valence-electron chi connectivity index (χ3n) is 4.77. The Kier molecular flexibility index (Phi) is 3.33. The van der Waals surface area contributed by atoms with Crippen LogP contribution in [0, 0.1) is 16.0 Å². The summed E-state index contributed by atoms with van der Waals surface area (Å²) in [6.07, 6.45) is 3.20. The number of nitrogens with zero attached hydrogens (tertiary/aromatic N) is 2. The van der Waals surface area contributed by atoms with Crippen molar-refractivity contribution in [2.75, 3.05) is 0 Å². The number of nitro groups is 1. The van der Waals surface area contributed by atoms with Gasteiger partial charge in [0.2, 0.25) is 0 Å². The molecule has 2 unspecified atom stereocenters. The van der Waals surface area contributed by atoms with Gasteiger partial charge in [-0.15, -0.1) is 0 Å². The van der Waals surface area contributed by atoms with Crippen molar-refractivity contribution in [2.24, 2.45) is 11.0 Å². The SMILES string of the molecule is O=[N+]([O-])c1cccc(C2NN=C3c4ccccc4CCCC32)c1. The van der Waals surface area contributed by atoms with E-state index in [0.29, 0.717) is 0 Å². The van der Waals surface area contributed by atoms with Crippen LogP contribution in [0.2, 0.25) is 0 Å². The van der Waals surface area contributed by atoms with Gasteiger partial charge in [0, 0.05) is 23.6 Å². The highest BCUT2D eigenvalue weighted by molar-refractivity contribution is 6.05. The Morgan fingerprint density at radius 2 is 2.04 bits per heavy atom. The summed E-state index contributed by atoms with van der Waals surface area (Å²) < 4.78 is 0. The van der Waals surface area contributed by atoms with Gasteiger partial charge in [0.05, 0.1) is 16.7 Å². The van der Waals surface area contributed by atoms with Gasteiger partial charge < -0.3 is 5.43 Å². The van der Waals surface area contributed by atoms with E-state index in [2.05, 4.69) is 28.7 Å². The van der Waals surface area contributed by atoms with Crippen molar-refractivity contribution >= 4 is 11.4 Å². The lowest BCUT2D eigenvalue weighted by molar-refractivity contribution is -0.384. The van der Waals surface area contributed by atoms with Crippen LogP contribution in [0.15, 0.2) is 53.6 Å². The van der Waals surface area contributed by atoms with Crippen molar-refractivity contribution in [1.82, 2.24) is 5.43 Å². The topological polar surface area (TPSA) is 67.5 Å². The van der Waals surface area contributed by atoms with Gasteiger partial charge in [-0.05, 0) is 30.4 Å². The number of hydrogen-bond donors (Lipinski definition) is 1. The minimum absolute atomic E-state index is 0.0102. The van der Waals surface area contributed by atoms with E-state index in [4.69, 9.17) is 0 Å². The van der Waals surface area contributed by atoms with Crippen LogP contribution in [0.5, 0.6) is 0 Å². The third-order valence-corrected chi connectivity index (χ3v) is 4.77. The highest BCUT2D eigenvalue weighted by Gasteiger charge is 2.35. The maximum absolute atomic E-state index is 11.0. The quantitative estimate of drug-likeness (QED) is 0.681. The molecule has 0 spiro atoms. The summed E-state index contributed by atoms with van der Waals surface area (Å²) >= 11 is 0. The molecule has 5 heteroatoms. The van der Waals surface area contributed by atoms with Crippen LogP contribution in [0.4, 0.5) is 5.69 Å². The molecule has 5 nitrogen and oxygen atoms in total. The predicted octanol–water partition coefficient (Wildman–Crippen LogP) is 3.60. The number of non-ortho nitro benzene ring substituents is 1. The van der Waals surface area contributed by atoms with E-state index >= 15 is 0 Å². The van der Waals surface area contributed by atoms with Crippen molar-refractivity contribution in [3.05, 3.63) is 75.3 Å². The molecule has 1 aliphatic heterocycles. The van der Waals surface area contributed by atoms with E-state index in [0.717, 1.165) is 30.5 Å². The van der Waals surface area contributed by atoms with Crippen molar-refractivity contribution < 1.29 is 4.92 Å². The van der Waals surface area contributed by atoms with E-state index in [9.17, 15) is 10.1 Å². The molecule has 0 radical (unpaired) electrons. The fourth-order valence-corrected chi connectivity index (χ4v) is 3.67. The molecule has 0 bridgehead atoms. The van der Waals surface area contributed by atoms with Crippen molar-refractivity contribution in [2.45, 2.75) is 25.3 Å². The molecule has 116 valence electrons. The molecule has 1 aliphatic carbocycles. The highest BCUT2D eigenvalue weighted by atomic mass is 16.6. The zero-order chi connectivity index (χ0) is 15.8. The number of nitrogens with one attached hydrogen (secondary N) is 1. The first-order valence-electron chi connectivity index (χ1n) is 7.90. The minimum atomic E-state index is -0.345. The van der Waals surface area contributed by atoms with Crippen LogP contribution < -0.4 is 5.43 Å². The summed E-state index contributed by atoms with van der Waals surface area (Å²) in [4.78, 5) is 10.7. The molecule has 0 amide bonds. The molecule has 4 rings (SSSR count). The van der Waals surface area contributed by atoms with E-state index in [-0.39, 0.29) is 22.6 Å². The summed E-state index contributed by atoms with van der Waals surface area (Å²) in [6, 6.07) is 15.3. The summed E-state index contributed by atoms with van der Waals surface area (Å²) in [5.41, 5.74) is 7.93. The maximum atomic E-state index is 11.0. The largest absolute Gasteiger partial charge is 0.302 e. The predicted molar refractivity (Wildman–Crippen MR) is 88.4 cm³/mol. The van der Waals surface area contributed by atoms with E-state index in [1.165, 1.54) is 17.2 Å². The van der Waals surface area contributed by atoms with Gasteiger partial charge in [0.1, 0.15) is 0 Å². The van der Waals surface area contributed by atoms with Gasteiger partial charge in [0.25, 0.3) is 5.69 Å². The van der Waals surface area contributed by atoms with E-state index in [1.54, 1.807) is 12.1 Å². The number of hydrogen-bond acceptors (Lipinski definition) is 4. The summed E-state index contributed by atoms with van der Waals surface area (Å²) in [7, 11) is 0. The molecule has 0 saturated carbocycles. The molecule has 2 aromatic carbocycles. The molecule has 23 heavy (non-hydrogen) atoms. The second-order valence-corrected chi connectivity index (χ2v) is 6.11. The number of aryl methyl sites for hydroxylation is 1. The van der Waals surface area contributed by atoms with Crippen LogP contribution in [0.1, 0.15) is 35.6 Å². The molecule has 1 N–H and O–H groups in total. The van der Waals surface area contributed by atoms with Crippen molar-refractivity contribution in [3.63, 3.8) is 0 Å². The molecule has 0 saturated heterocycles. The first-order valence-corrected chi connectivity index (χ1v) is 7.90. The van der Waals surface area contributed by atoms with E-state index in [1.807, 2.05) is 12.1 Å². The zero-order valence-corrected chi connectivity index (χ0v) is 12.6.